The average Bonchev–Trinajstić information content (AvgIpc) is 2.72. The van der Waals surface area contributed by atoms with Gasteiger partial charge in [-0.25, -0.2) is 0 Å². The Morgan fingerprint density at radius 1 is 1.52 bits per heavy atom. The van der Waals surface area contributed by atoms with Crippen LogP contribution in [0, 0.1) is 10.1 Å². The van der Waals surface area contributed by atoms with E-state index in [1.165, 1.54) is 12.1 Å². The molecule has 2 aromatic rings. The number of aryl methyl sites for hydroxylation is 2. The highest BCUT2D eigenvalue weighted by atomic mass is 79.9. The molecular weight excluding hydrogens is 362 g/mol. The van der Waals surface area contributed by atoms with E-state index in [2.05, 4.69) is 21.0 Å². The Balaban J connectivity index is 2.29. The zero-order chi connectivity index (χ0) is 15.6. The first-order valence-corrected chi connectivity index (χ1v) is 7.38. The van der Waals surface area contributed by atoms with E-state index in [4.69, 9.17) is 16.3 Å². The molecule has 1 aromatic carbocycles. The molecule has 1 aromatic heterocycles. The van der Waals surface area contributed by atoms with E-state index in [9.17, 15) is 10.1 Å². The fourth-order valence-corrected chi connectivity index (χ4v) is 2.86. The molecular formula is C13H13BrClN3O3. The molecule has 6 nitrogen and oxygen atoms in total. The second-order valence-electron chi connectivity index (χ2n) is 4.32. The van der Waals surface area contributed by atoms with Gasteiger partial charge in [-0.2, -0.15) is 5.10 Å². The number of nitro benzene ring substituents is 1. The van der Waals surface area contributed by atoms with Crippen molar-refractivity contribution >= 4 is 33.2 Å². The maximum Gasteiger partial charge on any atom is 0.312 e. The molecule has 1 heterocycles. The van der Waals surface area contributed by atoms with Crippen LogP contribution in [0.5, 0.6) is 5.75 Å². The van der Waals surface area contributed by atoms with Crippen molar-refractivity contribution in [3.63, 3.8) is 0 Å². The Bertz CT molecular complexity index is 688. The van der Waals surface area contributed by atoms with E-state index in [0.29, 0.717) is 0 Å². The summed E-state index contributed by atoms with van der Waals surface area (Å²) in [5.41, 5.74) is 1.54. The maximum absolute atomic E-state index is 11.0. The van der Waals surface area contributed by atoms with Crippen molar-refractivity contribution in [3.05, 3.63) is 49.2 Å². The van der Waals surface area contributed by atoms with Crippen molar-refractivity contribution in [2.75, 3.05) is 0 Å². The minimum atomic E-state index is -0.517. The number of hydrogen-bond donors (Lipinski definition) is 0. The van der Waals surface area contributed by atoms with Gasteiger partial charge >= 0.3 is 5.69 Å². The molecule has 0 saturated carbocycles. The lowest BCUT2D eigenvalue weighted by atomic mass is 10.3. The van der Waals surface area contributed by atoms with Gasteiger partial charge in [0.1, 0.15) is 6.61 Å². The summed E-state index contributed by atoms with van der Waals surface area (Å²) in [4.78, 5) is 10.5. The molecule has 0 aliphatic rings. The van der Waals surface area contributed by atoms with Gasteiger partial charge in [0.15, 0.2) is 0 Å². The highest BCUT2D eigenvalue weighted by molar-refractivity contribution is 9.10. The summed E-state index contributed by atoms with van der Waals surface area (Å²) in [6, 6.07) is 4.43. The number of ether oxygens (including phenoxy) is 1. The summed E-state index contributed by atoms with van der Waals surface area (Å²) >= 11 is 9.46. The first-order chi connectivity index (χ1) is 9.95. The van der Waals surface area contributed by atoms with Crippen LogP contribution >= 0.6 is 27.5 Å². The van der Waals surface area contributed by atoms with Crippen molar-refractivity contribution in [1.82, 2.24) is 9.78 Å². The lowest BCUT2D eigenvalue weighted by Gasteiger charge is -2.09. The van der Waals surface area contributed by atoms with Crippen LogP contribution in [0.3, 0.4) is 0 Å². The Labute approximate surface area is 134 Å². The van der Waals surface area contributed by atoms with Crippen LogP contribution in [0.25, 0.3) is 0 Å². The number of nitrogens with zero attached hydrogens (tertiary/aromatic N) is 3. The maximum atomic E-state index is 11.0. The molecule has 8 heteroatoms. The van der Waals surface area contributed by atoms with Gasteiger partial charge < -0.3 is 4.74 Å². The largest absolute Gasteiger partial charge is 0.479 e. The predicted octanol–water partition coefficient (Wildman–Crippen LogP) is 3.89. The van der Waals surface area contributed by atoms with Gasteiger partial charge in [-0.05, 0) is 28.4 Å². The third-order valence-corrected chi connectivity index (χ3v) is 4.21. The highest BCUT2D eigenvalue weighted by Crippen LogP contribution is 2.35. The van der Waals surface area contributed by atoms with E-state index in [0.717, 1.165) is 22.3 Å². The Morgan fingerprint density at radius 2 is 2.24 bits per heavy atom. The Kier molecular flexibility index (Phi) is 4.84. The normalized spacial score (nSPS) is 10.7. The molecule has 112 valence electrons. The van der Waals surface area contributed by atoms with Crippen molar-refractivity contribution < 1.29 is 9.66 Å². The van der Waals surface area contributed by atoms with Gasteiger partial charge in [0.2, 0.25) is 5.75 Å². The molecule has 2 rings (SSSR count). The minimum absolute atomic E-state index is 0.0651. The topological polar surface area (TPSA) is 70.2 Å². The second-order valence-corrected chi connectivity index (χ2v) is 5.52. The number of halogens is 2. The molecule has 0 bridgehead atoms. The van der Waals surface area contributed by atoms with Crippen molar-refractivity contribution in [2.45, 2.75) is 20.0 Å². The van der Waals surface area contributed by atoms with E-state index < -0.39 is 4.92 Å². The third-order valence-electron chi connectivity index (χ3n) is 3.00. The second kappa shape index (κ2) is 6.44. The molecule has 0 radical (unpaired) electrons. The lowest BCUT2D eigenvalue weighted by molar-refractivity contribution is -0.385. The van der Waals surface area contributed by atoms with Gasteiger partial charge in [-0.3, -0.25) is 14.8 Å². The average molecular weight is 375 g/mol. The highest BCUT2D eigenvalue weighted by Gasteiger charge is 2.20. The van der Waals surface area contributed by atoms with E-state index >= 15 is 0 Å². The first kappa shape index (κ1) is 15.8. The molecule has 0 N–H and O–H groups in total. The van der Waals surface area contributed by atoms with E-state index in [1.807, 2.05) is 6.92 Å². The van der Waals surface area contributed by atoms with Crippen LogP contribution in [0.2, 0.25) is 5.02 Å². The summed E-state index contributed by atoms with van der Waals surface area (Å²) in [5.74, 6) is 0.0651. The summed E-state index contributed by atoms with van der Waals surface area (Å²) in [7, 11) is 1.80. The van der Waals surface area contributed by atoms with Crippen LogP contribution in [0.1, 0.15) is 18.3 Å². The van der Waals surface area contributed by atoms with Crippen molar-refractivity contribution in [3.8, 4) is 5.75 Å². The van der Waals surface area contributed by atoms with Crippen LogP contribution in [0.4, 0.5) is 5.69 Å². The van der Waals surface area contributed by atoms with Crippen LogP contribution in [0.15, 0.2) is 22.7 Å². The smallest absolute Gasteiger partial charge is 0.312 e. The van der Waals surface area contributed by atoms with E-state index in [1.54, 1.807) is 17.8 Å². The standard InChI is InChI=1S/C13H13BrClN3O3/c1-3-9-12(14)11(17(2)16-9)7-21-13-8(15)5-4-6-10(13)18(19)20/h4-6H,3,7H2,1-2H3. The van der Waals surface area contributed by atoms with Gasteiger partial charge in [-0.1, -0.05) is 24.6 Å². The van der Waals surface area contributed by atoms with Gasteiger partial charge in [0, 0.05) is 13.1 Å². The van der Waals surface area contributed by atoms with Crippen LogP contribution in [-0.2, 0) is 20.1 Å². The monoisotopic (exact) mass is 373 g/mol. The SMILES string of the molecule is CCc1nn(C)c(COc2c(Cl)cccc2[N+](=O)[O-])c1Br. The van der Waals surface area contributed by atoms with Crippen LogP contribution in [-0.4, -0.2) is 14.7 Å². The Morgan fingerprint density at radius 3 is 2.81 bits per heavy atom. The molecule has 0 unspecified atom stereocenters. The van der Waals surface area contributed by atoms with Crippen molar-refractivity contribution in [1.29, 1.82) is 0 Å². The van der Waals surface area contributed by atoms with Gasteiger partial charge in [0.05, 0.1) is 25.8 Å². The molecule has 0 atom stereocenters. The molecule has 0 spiro atoms. The minimum Gasteiger partial charge on any atom is -0.479 e. The molecule has 0 aliphatic heterocycles. The summed E-state index contributed by atoms with van der Waals surface area (Å²) in [6.45, 7) is 2.13. The van der Waals surface area contributed by atoms with Crippen LogP contribution < -0.4 is 4.74 Å². The number of aromatic nitrogens is 2. The van der Waals surface area contributed by atoms with Gasteiger partial charge in [-0.15, -0.1) is 0 Å². The zero-order valence-corrected chi connectivity index (χ0v) is 13.8. The fraction of sp³-hybridized carbons (Fsp3) is 0.308. The zero-order valence-electron chi connectivity index (χ0n) is 11.5. The molecule has 0 saturated heterocycles. The molecule has 0 aliphatic carbocycles. The first-order valence-electron chi connectivity index (χ1n) is 6.21. The summed E-state index contributed by atoms with van der Waals surface area (Å²) in [6.07, 6.45) is 0.778. The summed E-state index contributed by atoms with van der Waals surface area (Å²) < 4.78 is 8.11. The van der Waals surface area contributed by atoms with E-state index in [-0.39, 0.29) is 23.1 Å². The lowest BCUT2D eigenvalue weighted by Crippen LogP contribution is -2.05. The summed E-state index contributed by atoms with van der Waals surface area (Å²) in [5, 5.41) is 15.6. The van der Waals surface area contributed by atoms with Gasteiger partial charge in [0.25, 0.3) is 0 Å². The molecule has 0 fully saturated rings. The molecule has 0 amide bonds. The number of rotatable bonds is 5. The van der Waals surface area contributed by atoms with Crippen molar-refractivity contribution in [2.24, 2.45) is 7.05 Å². The molecule has 21 heavy (non-hydrogen) atoms. The number of nitro groups is 1. The number of hydrogen-bond acceptors (Lipinski definition) is 4. The Hall–Kier alpha value is -1.60. The fourth-order valence-electron chi connectivity index (χ4n) is 1.90. The predicted molar refractivity (Wildman–Crippen MR) is 82.7 cm³/mol. The number of para-hydroxylation sites is 1. The number of benzene rings is 1. The third kappa shape index (κ3) is 3.19. The quantitative estimate of drug-likeness (QED) is 0.588.